The molecule has 4 heterocycles. The normalized spacial score (nSPS) is 20.3. The molecule has 208 valence electrons. The van der Waals surface area contributed by atoms with Crippen molar-refractivity contribution in [1.82, 2.24) is 29.2 Å². The fourth-order valence-electron chi connectivity index (χ4n) is 5.43. The average molecular weight is 534 g/mol. The Hall–Kier alpha value is -3.66. The monoisotopic (exact) mass is 533 g/mol. The molecule has 1 saturated heterocycles. The van der Waals surface area contributed by atoms with Gasteiger partial charge >= 0.3 is 6.09 Å². The van der Waals surface area contributed by atoms with Gasteiger partial charge in [0, 0.05) is 63.1 Å². The number of nitrogens with zero attached hydrogens (tertiary/aromatic N) is 6. The first-order valence-electron chi connectivity index (χ1n) is 13.8. The molecule has 2 unspecified atom stereocenters. The van der Waals surface area contributed by atoms with Crippen molar-refractivity contribution >= 4 is 34.7 Å². The average Bonchev–Trinajstić information content (AvgIpc) is 3.27. The molecule has 0 saturated carbocycles. The van der Waals surface area contributed by atoms with Crippen LogP contribution in [0.15, 0.2) is 36.5 Å². The van der Waals surface area contributed by atoms with E-state index in [1.165, 1.54) is 5.56 Å². The molecular weight excluding hydrogens is 494 g/mol. The summed E-state index contributed by atoms with van der Waals surface area (Å²) in [7, 11) is 1.86. The number of hydrogen-bond acceptors (Lipinski definition) is 7. The second kappa shape index (κ2) is 10.5. The highest BCUT2D eigenvalue weighted by atomic mass is 16.6. The molecule has 2 aliphatic rings. The first-order valence-corrected chi connectivity index (χ1v) is 13.8. The van der Waals surface area contributed by atoms with Crippen LogP contribution in [0, 0.1) is 0 Å². The number of hydrogen-bond donors (Lipinski definition) is 1. The highest BCUT2D eigenvalue weighted by molar-refractivity contribution is 5.99. The summed E-state index contributed by atoms with van der Waals surface area (Å²) in [6, 6.07) is 10.4. The smallest absolute Gasteiger partial charge is 0.410 e. The first-order chi connectivity index (χ1) is 18.5. The van der Waals surface area contributed by atoms with Gasteiger partial charge in [0.2, 0.25) is 5.95 Å². The number of rotatable bonds is 5. The maximum absolute atomic E-state index is 12.9. The summed E-state index contributed by atoms with van der Waals surface area (Å²) in [5.41, 5.74) is 3.07. The number of anilines is 2. The van der Waals surface area contributed by atoms with Crippen molar-refractivity contribution in [2.45, 2.75) is 65.3 Å². The van der Waals surface area contributed by atoms with Gasteiger partial charge in [-0.2, -0.15) is 4.98 Å². The van der Waals surface area contributed by atoms with E-state index in [-0.39, 0.29) is 24.1 Å². The number of likely N-dealkylation sites (N-methyl/N-ethyl adjacent to an activating group) is 1. The molecule has 10 heteroatoms. The number of aromatic nitrogens is 3. The Bertz CT molecular complexity index is 1350. The number of amides is 2. The molecule has 39 heavy (non-hydrogen) atoms. The molecule has 2 amide bonds. The minimum absolute atomic E-state index is 0.0153. The third-order valence-electron chi connectivity index (χ3n) is 7.67. The molecular formula is C29H39N7O3. The van der Waals surface area contributed by atoms with Gasteiger partial charge in [-0.15, -0.1) is 0 Å². The van der Waals surface area contributed by atoms with Crippen molar-refractivity contribution in [2.24, 2.45) is 0 Å². The molecule has 1 fully saturated rings. The molecule has 1 N–H and O–H groups in total. The predicted octanol–water partition coefficient (Wildman–Crippen LogP) is 4.65. The third-order valence-corrected chi connectivity index (χ3v) is 7.67. The van der Waals surface area contributed by atoms with E-state index in [0.717, 1.165) is 42.8 Å². The summed E-state index contributed by atoms with van der Waals surface area (Å²) in [6.45, 7) is 13.7. The zero-order valence-corrected chi connectivity index (χ0v) is 23.8. The standard InChI is InChI=1S/C29H39N7O3/c1-7-23-19(2)33(6)26(37)24-16-21-17-30-27(32-25(21)36(23)24)31-22-10-8-20(9-11-22)18-34-12-14-35(15-13-34)28(38)39-29(3,4)5/h8-11,16-17,19,23H,7,12-15,18H2,1-6H3,(H,30,31,32). The van der Waals surface area contributed by atoms with Crippen molar-refractivity contribution < 1.29 is 14.3 Å². The van der Waals surface area contributed by atoms with Crippen LogP contribution in [0.1, 0.15) is 63.1 Å². The van der Waals surface area contributed by atoms with Gasteiger partial charge in [-0.3, -0.25) is 9.69 Å². The van der Waals surface area contributed by atoms with Crippen LogP contribution in [0.25, 0.3) is 11.0 Å². The summed E-state index contributed by atoms with van der Waals surface area (Å²) in [5, 5.41) is 4.19. The maximum Gasteiger partial charge on any atom is 0.410 e. The Balaban J connectivity index is 1.23. The molecule has 1 aromatic carbocycles. The van der Waals surface area contributed by atoms with Gasteiger partial charge in [0.1, 0.15) is 16.9 Å². The highest BCUT2D eigenvalue weighted by Gasteiger charge is 2.36. The minimum Gasteiger partial charge on any atom is -0.444 e. The number of piperazine rings is 1. The van der Waals surface area contributed by atoms with Crippen molar-refractivity contribution in [1.29, 1.82) is 0 Å². The van der Waals surface area contributed by atoms with E-state index in [0.29, 0.717) is 24.7 Å². The van der Waals surface area contributed by atoms with E-state index in [1.54, 1.807) is 11.1 Å². The van der Waals surface area contributed by atoms with Crippen molar-refractivity contribution in [3.63, 3.8) is 0 Å². The van der Waals surface area contributed by atoms with E-state index in [9.17, 15) is 9.59 Å². The van der Waals surface area contributed by atoms with E-state index < -0.39 is 5.60 Å². The number of carbonyl (C=O) groups excluding carboxylic acids is 2. The SMILES string of the molecule is CCC1C(C)N(C)C(=O)c2cc3cnc(Nc4ccc(CN5CCN(C(=O)OC(C)(C)C)CC5)cc4)nc3n21. The van der Waals surface area contributed by atoms with Crippen LogP contribution >= 0.6 is 0 Å². The van der Waals surface area contributed by atoms with Crippen molar-refractivity contribution in [3.8, 4) is 0 Å². The van der Waals surface area contributed by atoms with Crippen molar-refractivity contribution in [2.75, 3.05) is 38.5 Å². The lowest BCUT2D eigenvalue weighted by atomic mass is 10.0. The molecule has 0 bridgehead atoms. The Morgan fingerprint density at radius 1 is 1.13 bits per heavy atom. The summed E-state index contributed by atoms with van der Waals surface area (Å²) < 4.78 is 7.58. The lowest BCUT2D eigenvalue weighted by Gasteiger charge is -2.38. The van der Waals surface area contributed by atoms with E-state index in [4.69, 9.17) is 9.72 Å². The second-order valence-corrected chi connectivity index (χ2v) is 11.6. The molecule has 3 aromatic rings. The van der Waals surface area contributed by atoms with Gasteiger partial charge in [-0.1, -0.05) is 19.1 Å². The van der Waals surface area contributed by atoms with Gasteiger partial charge in [0.25, 0.3) is 5.91 Å². The Labute approximate surface area is 229 Å². The van der Waals surface area contributed by atoms with Crippen molar-refractivity contribution in [3.05, 3.63) is 47.8 Å². The number of fused-ring (bicyclic) bond motifs is 3. The van der Waals surface area contributed by atoms with Gasteiger partial charge in [-0.05, 0) is 57.9 Å². The minimum atomic E-state index is -0.477. The van der Waals surface area contributed by atoms with E-state index >= 15 is 0 Å². The van der Waals surface area contributed by atoms with Crippen LogP contribution in [-0.2, 0) is 11.3 Å². The van der Waals surface area contributed by atoms with Gasteiger partial charge in [0.15, 0.2) is 0 Å². The quantitative estimate of drug-likeness (QED) is 0.510. The summed E-state index contributed by atoms with van der Waals surface area (Å²) in [4.78, 5) is 40.5. The fraction of sp³-hybridized carbons (Fsp3) is 0.517. The zero-order valence-electron chi connectivity index (χ0n) is 23.8. The van der Waals surface area contributed by atoms with Crippen LogP contribution in [0.3, 0.4) is 0 Å². The van der Waals surface area contributed by atoms with Crippen LogP contribution < -0.4 is 5.32 Å². The largest absolute Gasteiger partial charge is 0.444 e. The van der Waals surface area contributed by atoms with Crippen LogP contribution in [0.2, 0.25) is 0 Å². The van der Waals surface area contributed by atoms with Gasteiger partial charge in [0.05, 0.1) is 6.04 Å². The fourth-order valence-corrected chi connectivity index (χ4v) is 5.43. The van der Waals surface area contributed by atoms with Gasteiger partial charge < -0.3 is 24.4 Å². The van der Waals surface area contributed by atoms with Crippen LogP contribution in [0.4, 0.5) is 16.4 Å². The number of ether oxygens (including phenoxy) is 1. The number of benzene rings is 1. The molecule has 5 rings (SSSR count). The number of nitrogens with one attached hydrogen (secondary N) is 1. The van der Waals surface area contributed by atoms with Crippen LogP contribution in [0.5, 0.6) is 0 Å². The Kier molecular flexibility index (Phi) is 7.24. The third kappa shape index (κ3) is 5.56. The molecule has 2 aromatic heterocycles. The second-order valence-electron chi connectivity index (χ2n) is 11.6. The lowest BCUT2D eigenvalue weighted by Crippen LogP contribution is -2.49. The maximum atomic E-state index is 12.9. The van der Waals surface area contributed by atoms with E-state index in [2.05, 4.69) is 45.7 Å². The van der Waals surface area contributed by atoms with Crippen LogP contribution in [-0.4, -0.2) is 86.1 Å². The van der Waals surface area contributed by atoms with Gasteiger partial charge in [-0.25, -0.2) is 9.78 Å². The lowest BCUT2D eigenvalue weighted by molar-refractivity contribution is 0.0139. The Morgan fingerprint density at radius 2 is 1.82 bits per heavy atom. The number of carbonyl (C=O) groups is 2. The Morgan fingerprint density at radius 3 is 2.46 bits per heavy atom. The predicted molar refractivity (Wildman–Crippen MR) is 151 cm³/mol. The topological polar surface area (TPSA) is 95.8 Å². The summed E-state index contributed by atoms with van der Waals surface area (Å²) in [6.07, 6.45) is 2.45. The highest BCUT2D eigenvalue weighted by Crippen LogP contribution is 2.34. The molecule has 2 aliphatic heterocycles. The zero-order chi connectivity index (χ0) is 27.9. The van der Waals surface area contributed by atoms with E-state index in [1.807, 2.05) is 50.9 Å². The molecule has 0 radical (unpaired) electrons. The molecule has 2 atom stereocenters. The molecule has 0 spiro atoms. The molecule has 10 nitrogen and oxygen atoms in total. The first kappa shape index (κ1) is 26.9. The molecule has 0 aliphatic carbocycles. The summed E-state index contributed by atoms with van der Waals surface area (Å²) >= 11 is 0. The summed E-state index contributed by atoms with van der Waals surface area (Å²) in [5.74, 6) is 0.518.